The molecule has 476 valence electrons. The first kappa shape index (κ1) is 41.9. The van der Waals surface area contributed by atoms with Gasteiger partial charge in [0.1, 0.15) is 0 Å². The lowest BCUT2D eigenvalue weighted by Gasteiger charge is -2.47. The highest BCUT2D eigenvalue weighted by molar-refractivity contribution is 7.00. The van der Waals surface area contributed by atoms with Crippen molar-refractivity contribution in [2.45, 2.75) is 98.3 Å². The van der Waals surface area contributed by atoms with E-state index in [0.717, 1.165) is 37.9 Å². The van der Waals surface area contributed by atoms with E-state index in [-0.39, 0.29) is 79.0 Å². The molecule has 0 saturated heterocycles. The van der Waals surface area contributed by atoms with Crippen LogP contribution < -0.4 is 26.2 Å². The van der Waals surface area contributed by atoms with Crippen LogP contribution in [0, 0.1) is 0 Å². The van der Waals surface area contributed by atoms with E-state index in [1.165, 1.54) is 4.57 Å². The molecule has 0 radical (unpaired) electrons. The minimum atomic E-state index is -1.44. The number of hydrogen-bond donors (Lipinski definition) is 0. The minimum Gasteiger partial charge on any atom is -0.310 e. The Balaban J connectivity index is 1.19. The summed E-state index contributed by atoms with van der Waals surface area (Å²) in [4.78, 5) is 4.01. The van der Waals surface area contributed by atoms with Crippen molar-refractivity contribution in [1.82, 2.24) is 9.13 Å². The Labute approximate surface area is 607 Å². The van der Waals surface area contributed by atoms with Crippen molar-refractivity contribution < 1.29 is 28.8 Å². The smallest absolute Gasteiger partial charge is 0.252 e. The van der Waals surface area contributed by atoms with Gasteiger partial charge in [-0.2, -0.15) is 0 Å². The normalized spacial score (nSPS) is 16.0. The molecule has 17 rings (SSSR count). The maximum Gasteiger partial charge on any atom is 0.252 e. The SMILES string of the molecule is [2H]c1c([2H])c(-n2c3c([2H])c([2H])c([2H])c([2H])c3c3c([2H])c([2H])c([2H])c([2H])c32)c([2H])c2c1B1c3c(cc(C(C)(C)C)cc3N(c3c(-c4ccccc4)cc(C(C)(C)C)cc3-c3ccccc3)c3c([2H])c(-n4c5c([2H])c([2H])c([2H])c([2H])c5c5c([2H])c([2H])c([2H])c([2H])c54)c([2H])c(CCC)c31)N2c1c(-c2ccccc2)cc(C(C)(C)C)cc1-c1ccccc1. The van der Waals surface area contributed by atoms with Gasteiger partial charge in [0.2, 0.25) is 0 Å². The van der Waals surface area contributed by atoms with Crippen molar-refractivity contribution in [2.24, 2.45) is 0 Å². The Kier molecular flexibility index (Phi) is 9.92. The Morgan fingerprint density at radius 3 is 1.05 bits per heavy atom. The lowest BCUT2D eigenvalue weighted by atomic mass is 9.32. The first-order valence-corrected chi connectivity index (χ1v) is 33.5. The van der Waals surface area contributed by atoms with Crippen LogP contribution in [-0.2, 0) is 22.7 Å². The summed E-state index contributed by atoms with van der Waals surface area (Å²) in [5.74, 6) is 0. The molecule has 0 fully saturated rings. The molecule has 5 heteroatoms. The van der Waals surface area contributed by atoms with E-state index in [9.17, 15) is 23.3 Å². The fourth-order valence-corrected chi connectivity index (χ4v) is 14.6. The van der Waals surface area contributed by atoms with E-state index in [1.54, 1.807) is 0 Å². The third-order valence-corrected chi connectivity index (χ3v) is 19.4. The predicted octanol–water partition coefficient (Wildman–Crippen LogP) is 23.5. The van der Waals surface area contributed by atoms with Gasteiger partial charge in [0.25, 0.3) is 6.71 Å². The van der Waals surface area contributed by atoms with Gasteiger partial charge in [0, 0.05) is 77.9 Å². The number of benzene rings is 13. The number of hydrogen-bond acceptors (Lipinski definition) is 2. The van der Waals surface area contributed by atoms with E-state index in [0.29, 0.717) is 56.0 Å². The summed E-state index contributed by atoms with van der Waals surface area (Å²) in [7, 11) is 0. The van der Waals surface area contributed by atoms with E-state index in [2.05, 4.69) is 98.7 Å². The number of anilines is 6. The van der Waals surface area contributed by atoms with Crippen molar-refractivity contribution in [3.63, 3.8) is 0 Å². The molecule has 2 aromatic heterocycles. The van der Waals surface area contributed by atoms with Gasteiger partial charge in [0.15, 0.2) is 0 Å². The second kappa shape index (κ2) is 23.2. The monoisotopic (exact) mass is 1290 g/mol. The minimum absolute atomic E-state index is 0.0111. The number of fused-ring (bicyclic) bond motifs is 10. The number of nitrogens with zero attached hydrogens (tertiary/aromatic N) is 4. The molecule has 15 aromatic rings. The molecule has 0 atom stereocenters. The van der Waals surface area contributed by atoms with Gasteiger partial charge in [-0.25, -0.2) is 0 Å². The second-order valence-corrected chi connectivity index (χ2v) is 28.7. The quantitative estimate of drug-likeness (QED) is 0.127. The molecule has 4 nitrogen and oxygen atoms in total. The Morgan fingerprint density at radius 2 is 0.684 bits per heavy atom. The van der Waals surface area contributed by atoms with Crippen molar-refractivity contribution in [3.05, 3.63) is 307 Å². The summed E-state index contributed by atoms with van der Waals surface area (Å²) in [6, 6.07) is 38.2. The molecular formula is C93H81BN4. The number of para-hydroxylation sites is 4. The van der Waals surface area contributed by atoms with Gasteiger partial charge in [-0.1, -0.05) is 276 Å². The molecular weight excluding hydrogens is 1180 g/mol. The molecule has 2 aliphatic heterocycles. The molecule has 0 spiro atoms. The van der Waals surface area contributed by atoms with Crippen molar-refractivity contribution >= 4 is 101 Å². The van der Waals surface area contributed by atoms with Gasteiger partial charge >= 0.3 is 0 Å². The van der Waals surface area contributed by atoms with Gasteiger partial charge < -0.3 is 18.9 Å². The van der Waals surface area contributed by atoms with E-state index in [4.69, 9.17) is 5.48 Å². The van der Waals surface area contributed by atoms with Crippen LogP contribution in [0.3, 0.4) is 0 Å². The zero-order valence-corrected chi connectivity index (χ0v) is 56.3. The zero-order valence-electron chi connectivity index (χ0n) is 77.3. The van der Waals surface area contributed by atoms with Gasteiger partial charge in [-0.15, -0.1) is 0 Å². The zero-order chi connectivity index (χ0) is 85.2. The molecule has 0 saturated carbocycles. The highest BCUT2D eigenvalue weighted by Crippen LogP contribution is 2.56. The largest absolute Gasteiger partial charge is 0.310 e. The highest BCUT2D eigenvalue weighted by atomic mass is 15.2. The standard InChI is InChI=1S/C93H81BN4/c1-11-32-64-51-69(96-81-47-30-26-43-72(81)73-44-27-31-48-82(73)96)59-86-87(64)94-78-50-49-68(95-79-45-28-24-41-70(79)71-42-25-29-46-80(71)95)58-83(78)97(89-74(60-33-16-12-17-34-60)52-65(91(2,3)4)53-75(89)61-35-18-13-19-36-61)84-56-67(93(8,9)10)57-85(88(84)94)98(86)90-76(62-37-20-14-21-38-62)54-66(92(5,6)7)55-77(90)63-39-22-15-23-40-63/h12-31,33-59H,11,32H2,1-10H3/i24D,25D,26D,27D,28D,29D,30D,31D,41D,42D,43D,44D,45D,46D,47D,48D,49D,50D,51D,58D,59D. The van der Waals surface area contributed by atoms with Crippen LogP contribution in [0.1, 0.15) is 127 Å². The number of aromatic nitrogens is 2. The summed E-state index contributed by atoms with van der Waals surface area (Å²) >= 11 is 0. The number of rotatable bonds is 10. The second-order valence-electron chi connectivity index (χ2n) is 28.7. The molecule has 0 amide bonds. The first-order valence-electron chi connectivity index (χ1n) is 44.0. The molecule has 13 aromatic carbocycles. The van der Waals surface area contributed by atoms with Gasteiger partial charge in [-0.05, 0) is 168 Å². The van der Waals surface area contributed by atoms with Crippen LogP contribution in [0.4, 0.5) is 34.1 Å². The average Bonchev–Trinajstić information content (AvgIpc) is 1.57. The average molecular weight is 1290 g/mol. The highest BCUT2D eigenvalue weighted by Gasteiger charge is 2.47. The molecule has 4 heterocycles. The van der Waals surface area contributed by atoms with Crippen LogP contribution in [0.25, 0.3) is 99.5 Å². The third kappa shape index (κ3) is 9.86. The molecule has 0 aliphatic carbocycles. The van der Waals surface area contributed by atoms with Gasteiger partial charge in [0.05, 0.1) is 62.2 Å². The maximum atomic E-state index is 11.9. The van der Waals surface area contributed by atoms with Crippen molar-refractivity contribution in [2.75, 3.05) is 9.80 Å². The van der Waals surface area contributed by atoms with Crippen LogP contribution in [0.15, 0.2) is 285 Å². The summed E-state index contributed by atoms with van der Waals surface area (Å²) in [5.41, 5.74) is 6.60. The predicted molar refractivity (Wildman–Crippen MR) is 421 cm³/mol. The summed E-state index contributed by atoms with van der Waals surface area (Å²) < 4.78 is 213. The topological polar surface area (TPSA) is 16.3 Å². The van der Waals surface area contributed by atoms with E-state index < -0.39 is 167 Å². The van der Waals surface area contributed by atoms with Crippen LogP contribution >= 0.6 is 0 Å². The van der Waals surface area contributed by atoms with E-state index in [1.807, 2.05) is 138 Å². The fourth-order valence-electron chi connectivity index (χ4n) is 14.6. The van der Waals surface area contributed by atoms with Crippen LogP contribution in [0.5, 0.6) is 0 Å². The van der Waals surface area contributed by atoms with Crippen LogP contribution in [0.2, 0.25) is 0 Å². The Hall–Kier alpha value is -10.9. The molecule has 0 N–H and O–H groups in total. The summed E-state index contributed by atoms with van der Waals surface area (Å²) in [5, 5.41) is -1.19. The fraction of sp³-hybridized carbons (Fsp3) is 0.161. The van der Waals surface area contributed by atoms with Gasteiger partial charge in [-0.3, -0.25) is 0 Å². The van der Waals surface area contributed by atoms with Crippen molar-refractivity contribution in [3.8, 4) is 55.9 Å². The summed E-state index contributed by atoms with van der Waals surface area (Å²) in [6.07, 6.45) is 0.255. The molecule has 98 heavy (non-hydrogen) atoms. The van der Waals surface area contributed by atoms with Crippen LogP contribution in [-0.4, -0.2) is 15.8 Å². The lowest BCUT2D eigenvalue weighted by Crippen LogP contribution is -2.62. The molecule has 0 unspecified atom stereocenters. The maximum absolute atomic E-state index is 11.9. The van der Waals surface area contributed by atoms with E-state index >= 15 is 0 Å². The first-order chi connectivity index (χ1) is 56.3. The third-order valence-electron chi connectivity index (χ3n) is 19.4. The summed E-state index contributed by atoms with van der Waals surface area (Å²) in [6.45, 7) is 19.4. The lowest BCUT2D eigenvalue weighted by molar-refractivity contribution is 0.590. The molecule has 2 aliphatic rings. The Morgan fingerprint density at radius 1 is 0.347 bits per heavy atom. The molecule has 0 bridgehead atoms. The Bertz CT molecular complexity index is 6650. The van der Waals surface area contributed by atoms with Crippen molar-refractivity contribution in [1.29, 1.82) is 0 Å².